The molecule has 4 nitrogen and oxygen atoms in total. The van der Waals surface area contributed by atoms with Crippen LogP contribution >= 0.6 is 15.9 Å². The van der Waals surface area contributed by atoms with Crippen LogP contribution in [0.1, 0.15) is 36.0 Å². The van der Waals surface area contributed by atoms with E-state index in [2.05, 4.69) is 21.2 Å². The van der Waals surface area contributed by atoms with Crippen molar-refractivity contribution in [2.24, 2.45) is 0 Å². The van der Waals surface area contributed by atoms with Gasteiger partial charge in [0.2, 0.25) is 0 Å². The fourth-order valence-corrected chi connectivity index (χ4v) is 2.65. The van der Waals surface area contributed by atoms with Gasteiger partial charge in [-0.05, 0) is 53.4 Å². The Morgan fingerprint density at radius 1 is 1.42 bits per heavy atom. The molecule has 0 radical (unpaired) electrons. The van der Waals surface area contributed by atoms with Crippen molar-refractivity contribution in [1.29, 1.82) is 0 Å². The molecule has 1 amide bonds. The molecule has 1 aromatic rings. The highest BCUT2D eigenvalue weighted by atomic mass is 79.9. The molecule has 1 aromatic carbocycles. The van der Waals surface area contributed by atoms with Crippen LogP contribution in [0.2, 0.25) is 0 Å². The maximum Gasteiger partial charge on any atom is 0.305 e. The van der Waals surface area contributed by atoms with Gasteiger partial charge in [0.25, 0.3) is 5.91 Å². The SMILES string of the molecule is O=C(O)CC1(NC(=O)c2cc(F)ccc2Br)CCC1. The van der Waals surface area contributed by atoms with Crippen LogP contribution in [0.25, 0.3) is 0 Å². The number of hydrogen-bond donors (Lipinski definition) is 2. The Labute approximate surface area is 118 Å². The van der Waals surface area contributed by atoms with E-state index in [1.54, 1.807) is 0 Å². The van der Waals surface area contributed by atoms with E-state index < -0.39 is 23.2 Å². The predicted octanol–water partition coefficient (Wildman–Crippen LogP) is 2.72. The largest absolute Gasteiger partial charge is 0.481 e. The third-order valence-corrected chi connectivity index (χ3v) is 4.04. The number of hydrogen-bond acceptors (Lipinski definition) is 2. The summed E-state index contributed by atoms with van der Waals surface area (Å²) in [6.45, 7) is 0. The van der Waals surface area contributed by atoms with Crippen molar-refractivity contribution in [2.45, 2.75) is 31.2 Å². The van der Waals surface area contributed by atoms with Gasteiger partial charge < -0.3 is 10.4 Å². The van der Waals surface area contributed by atoms with Crippen LogP contribution in [0.15, 0.2) is 22.7 Å². The molecule has 0 unspecified atom stereocenters. The predicted molar refractivity (Wildman–Crippen MR) is 70.4 cm³/mol. The number of carboxylic acid groups (broad SMARTS) is 1. The van der Waals surface area contributed by atoms with Crippen LogP contribution in [-0.4, -0.2) is 22.5 Å². The number of carboxylic acids is 1. The van der Waals surface area contributed by atoms with E-state index in [0.717, 1.165) is 12.5 Å². The number of rotatable bonds is 4. The molecule has 0 spiro atoms. The fraction of sp³-hybridized carbons (Fsp3) is 0.385. The molecule has 0 aromatic heterocycles. The average Bonchev–Trinajstić information content (AvgIpc) is 2.28. The van der Waals surface area contributed by atoms with E-state index >= 15 is 0 Å². The van der Waals surface area contributed by atoms with E-state index in [0.29, 0.717) is 17.3 Å². The molecule has 0 saturated heterocycles. The number of carbonyl (C=O) groups is 2. The van der Waals surface area contributed by atoms with Gasteiger partial charge in [0.15, 0.2) is 0 Å². The number of aliphatic carboxylic acids is 1. The number of benzene rings is 1. The smallest absolute Gasteiger partial charge is 0.305 e. The van der Waals surface area contributed by atoms with Crippen LogP contribution in [0.3, 0.4) is 0 Å². The molecule has 0 heterocycles. The monoisotopic (exact) mass is 329 g/mol. The highest BCUT2D eigenvalue weighted by molar-refractivity contribution is 9.10. The van der Waals surface area contributed by atoms with Crippen molar-refractivity contribution in [3.05, 3.63) is 34.1 Å². The molecule has 1 fully saturated rings. The minimum Gasteiger partial charge on any atom is -0.481 e. The number of halogens is 2. The minimum absolute atomic E-state index is 0.105. The molecule has 0 bridgehead atoms. The lowest BCUT2D eigenvalue weighted by Crippen LogP contribution is -2.54. The first kappa shape index (κ1) is 14.0. The van der Waals surface area contributed by atoms with Gasteiger partial charge in [-0.2, -0.15) is 0 Å². The lowest BCUT2D eigenvalue weighted by atomic mass is 9.74. The Morgan fingerprint density at radius 3 is 2.63 bits per heavy atom. The molecule has 102 valence electrons. The minimum atomic E-state index is -0.946. The fourth-order valence-electron chi connectivity index (χ4n) is 2.22. The summed E-state index contributed by atoms with van der Waals surface area (Å²) in [6.07, 6.45) is 2.06. The molecule has 0 atom stereocenters. The molecule has 6 heteroatoms. The Hall–Kier alpha value is -1.43. The lowest BCUT2D eigenvalue weighted by molar-refractivity contribution is -0.139. The Balaban J connectivity index is 2.16. The standard InChI is InChI=1S/C13H13BrFNO3/c14-10-3-2-8(15)6-9(10)12(19)16-13(4-1-5-13)7-11(17)18/h2-3,6H,1,4-5,7H2,(H,16,19)(H,17,18). The summed E-state index contributed by atoms with van der Waals surface area (Å²) in [5.41, 5.74) is -0.508. The van der Waals surface area contributed by atoms with Crippen molar-refractivity contribution >= 4 is 27.8 Å². The van der Waals surface area contributed by atoms with Crippen LogP contribution in [0, 0.1) is 5.82 Å². The summed E-state index contributed by atoms with van der Waals surface area (Å²) in [5.74, 6) is -1.90. The Kier molecular flexibility index (Phi) is 3.89. The van der Waals surface area contributed by atoms with Gasteiger partial charge in [-0.1, -0.05) is 0 Å². The van der Waals surface area contributed by atoms with Gasteiger partial charge in [-0.15, -0.1) is 0 Å². The summed E-state index contributed by atoms with van der Waals surface area (Å²) in [7, 11) is 0. The summed E-state index contributed by atoms with van der Waals surface area (Å²) >= 11 is 3.19. The van der Waals surface area contributed by atoms with E-state index in [9.17, 15) is 14.0 Å². The Bertz CT molecular complexity index is 529. The van der Waals surface area contributed by atoms with E-state index in [1.165, 1.54) is 12.1 Å². The van der Waals surface area contributed by atoms with Crippen molar-refractivity contribution in [3.8, 4) is 0 Å². The molecule has 1 saturated carbocycles. The molecular weight excluding hydrogens is 317 g/mol. The summed E-state index contributed by atoms with van der Waals surface area (Å²) in [6, 6.07) is 3.83. The van der Waals surface area contributed by atoms with Crippen molar-refractivity contribution in [2.75, 3.05) is 0 Å². The summed E-state index contributed by atoms with van der Waals surface area (Å²) in [4.78, 5) is 22.9. The highest BCUT2D eigenvalue weighted by Gasteiger charge is 2.40. The van der Waals surface area contributed by atoms with Crippen LogP contribution in [0.5, 0.6) is 0 Å². The normalized spacial score (nSPS) is 16.5. The summed E-state index contributed by atoms with van der Waals surface area (Å²) in [5, 5.41) is 11.6. The van der Waals surface area contributed by atoms with Crippen molar-refractivity contribution in [3.63, 3.8) is 0 Å². The number of nitrogens with one attached hydrogen (secondary N) is 1. The van der Waals surface area contributed by atoms with Crippen LogP contribution < -0.4 is 5.32 Å². The van der Waals surface area contributed by atoms with Gasteiger partial charge >= 0.3 is 5.97 Å². The van der Waals surface area contributed by atoms with Gasteiger partial charge in [-0.25, -0.2) is 4.39 Å². The topological polar surface area (TPSA) is 66.4 Å². The highest BCUT2D eigenvalue weighted by Crippen LogP contribution is 2.35. The maximum absolute atomic E-state index is 13.2. The summed E-state index contributed by atoms with van der Waals surface area (Å²) < 4.78 is 13.6. The molecule has 1 aliphatic carbocycles. The van der Waals surface area contributed by atoms with Gasteiger partial charge in [0.1, 0.15) is 5.82 Å². The van der Waals surface area contributed by atoms with E-state index in [-0.39, 0.29) is 12.0 Å². The second-order valence-electron chi connectivity index (χ2n) is 4.78. The first-order chi connectivity index (χ1) is 8.92. The molecule has 1 aliphatic rings. The zero-order chi connectivity index (χ0) is 14.0. The molecule has 0 aliphatic heterocycles. The van der Waals surface area contributed by atoms with Gasteiger partial charge in [-0.3, -0.25) is 9.59 Å². The quantitative estimate of drug-likeness (QED) is 0.892. The Morgan fingerprint density at radius 2 is 2.11 bits per heavy atom. The van der Waals surface area contributed by atoms with Crippen molar-refractivity contribution in [1.82, 2.24) is 5.32 Å². The zero-order valence-corrected chi connectivity index (χ0v) is 11.7. The second-order valence-corrected chi connectivity index (χ2v) is 5.64. The van der Waals surface area contributed by atoms with Crippen LogP contribution in [0.4, 0.5) is 4.39 Å². The van der Waals surface area contributed by atoms with Gasteiger partial charge in [0, 0.05) is 4.47 Å². The number of amides is 1. The molecule has 19 heavy (non-hydrogen) atoms. The maximum atomic E-state index is 13.2. The van der Waals surface area contributed by atoms with E-state index in [4.69, 9.17) is 5.11 Å². The van der Waals surface area contributed by atoms with Crippen LogP contribution in [-0.2, 0) is 4.79 Å². The zero-order valence-electron chi connectivity index (χ0n) is 10.1. The second kappa shape index (κ2) is 5.28. The molecular formula is C13H13BrFNO3. The van der Waals surface area contributed by atoms with Crippen molar-refractivity contribution < 1.29 is 19.1 Å². The molecule has 2 N–H and O–H groups in total. The molecule has 2 rings (SSSR count). The third kappa shape index (κ3) is 3.12. The third-order valence-electron chi connectivity index (χ3n) is 3.35. The van der Waals surface area contributed by atoms with Gasteiger partial charge in [0.05, 0.1) is 17.5 Å². The average molecular weight is 330 g/mol. The first-order valence-electron chi connectivity index (χ1n) is 5.91. The van der Waals surface area contributed by atoms with E-state index in [1.807, 2.05) is 0 Å². The number of carbonyl (C=O) groups excluding carboxylic acids is 1. The first-order valence-corrected chi connectivity index (χ1v) is 6.71. The lowest BCUT2D eigenvalue weighted by Gasteiger charge is -2.41.